The molecule has 5 rings (SSSR count). The van der Waals surface area contributed by atoms with Crippen molar-refractivity contribution < 1.29 is 18.9 Å². The first kappa shape index (κ1) is 24.5. The number of rotatable bonds is 4. The lowest BCUT2D eigenvalue weighted by Crippen LogP contribution is -1.92. The Morgan fingerprint density at radius 1 is 0.474 bits per heavy atom. The highest BCUT2D eigenvalue weighted by Crippen LogP contribution is 2.27. The van der Waals surface area contributed by atoms with Crippen LogP contribution >= 0.6 is 0 Å². The average molecular weight is 501 g/mol. The van der Waals surface area contributed by atoms with Crippen molar-refractivity contribution in [3.63, 3.8) is 0 Å². The molecule has 2 heterocycles. The summed E-state index contributed by atoms with van der Waals surface area (Å²) in [6.07, 6.45) is 0. The Balaban J connectivity index is 1.52. The van der Waals surface area contributed by atoms with Gasteiger partial charge in [-0.3, -0.25) is 0 Å². The van der Waals surface area contributed by atoms with Crippen LogP contribution in [0.4, 0.5) is 0 Å². The van der Waals surface area contributed by atoms with Gasteiger partial charge in [0.1, 0.15) is 22.9 Å². The fourth-order valence-corrected chi connectivity index (χ4v) is 3.97. The molecule has 0 saturated carbocycles. The first-order valence-corrected chi connectivity index (χ1v) is 11.8. The standard InChI is InChI=1S/C32H24N2O4/c1-35-27-17-22(18-28(20-27)36-2)6-13-26-15-11-24-9-8-23-10-14-25(33-31(23)32(24)34-26)12-5-21-7-16-29(37-3)30(19-21)38-4/h7-11,14-20H,1-4H3. The highest BCUT2D eigenvalue weighted by Gasteiger charge is 2.07. The molecule has 6 heteroatoms. The fourth-order valence-electron chi connectivity index (χ4n) is 3.97. The zero-order valence-electron chi connectivity index (χ0n) is 21.5. The third kappa shape index (κ3) is 5.16. The van der Waals surface area contributed by atoms with Crippen molar-refractivity contribution in [3.05, 3.63) is 95.3 Å². The number of ether oxygens (including phenoxy) is 4. The number of methoxy groups -OCH3 is 4. The van der Waals surface area contributed by atoms with Crippen LogP contribution in [0.15, 0.2) is 72.8 Å². The van der Waals surface area contributed by atoms with E-state index in [-0.39, 0.29) is 0 Å². The van der Waals surface area contributed by atoms with Crippen LogP contribution in [-0.2, 0) is 0 Å². The van der Waals surface area contributed by atoms with Crippen LogP contribution in [0.1, 0.15) is 22.5 Å². The van der Waals surface area contributed by atoms with Gasteiger partial charge in [-0.05, 0) is 66.4 Å². The molecule has 2 aromatic heterocycles. The lowest BCUT2D eigenvalue weighted by molar-refractivity contribution is 0.355. The maximum absolute atomic E-state index is 5.38. The average Bonchev–Trinajstić information content (AvgIpc) is 2.98. The van der Waals surface area contributed by atoms with Gasteiger partial charge in [-0.15, -0.1) is 0 Å². The van der Waals surface area contributed by atoms with Crippen LogP contribution in [0.25, 0.3) is 21.8 Å². The molecule has 38 heavy (non-hydrogen) atoms. The smallest absolute Gasteiger partial charge is 0.161 e. The third-order valence-electron chi connectivity index (χ3n) is 5.92. The van der Waals surface area contributed by atoms with Crippen molar-refractivity contribution in [2.75, 3.05) is 28.4 Å². The molecule has 0 fully saturated rings. The highest BCUT2D eigenvalue weighted by molar-refractivity contribution is 6.03. The second-order valence-corrected chi connectivity index (χ2v) is 8.27. The predicted octanol–water partition coefficient (Wildman–Crippen LogP) is 5.62. The molecule has 0 aliphatic carbocycles. The molecule has 0 N–H and O–H groups in total. The maximum atomic E-state index is 5.38. The molecule has 0 amide bonds. The Hall–Kier alpha value is -5.20. The van der Waals surface area contributed by atoms with Gasteiger partial charge in [-0.1, -0.05) is 24.0 Å². The van der Waals surface area contributed by atoms with Gasteiger partial charge in [-0.2, -0.15) is 0 Å². The molecule has 3 aromatic carbocycles. The summed E-state index contributed by atoms with van der Waals surface area (Å²) >= 11 is 0. The number of fused-ring (bicyclic) bond motifs is 3. The van der Waals surface area contributed by atoms with Gasteiger partial charge in [0.05, 0.1) is 39.5 Å². The summed E-state index contributed by atoms with van der Waals surface area (Å²) in [5.74, 6) is 15.3. The number of benzene rings is 3. The van der Waals surface area contributed by atoms with Crippen molar-refractivity contribution in [2.24, 2.45) is 0 Å². The third-order valence-corrected chi connectivity index (χ3v) is 5.92. The zero-order valence-corrected chi connectivity index (χ0v) is 21.5. The van der Waals surface area contributed by atoms with Crippen LogP contribution in [0.5, 0.6) is 23.0 Å². The molecule has 0 unspecified atom stereocenters. The molecular weight excluding hydrogens is 476 g/mol. The van der Waals surface area contributed by atoms with E-state index in [0.29, 0.717) is 34.4 Å². The summed E-state index contributed by atoms with van der Waals surface area (Å²) in [7, 11) is 6.43. The van der Waals surface area contributed by atoms with Crippen LogP contribution in [0.3, 0.4) is 0 Å². The van der Waals surface area contributed by atoms with Crippen molar-refractivity contribution in [1.29, 1.82) is 0 Å². The number of pyridine rings is 2. The highest BCUT2D eigenvalue weighted by atomic mass is 16.5. The molecule has 0 saturated heterocycles. The van der Waals surface area contributed by atoms with Crippen molar-refractivity contribution in [2.45, 2.75) is 0 Å². The molecular formula is C32H24N2O4. The molecule has 0 aliphatic heterocycles. The van der Waals surface area contributed by atoms with Crippen molar-refractivity contribution in [3.8, 4) is 46.7 Å². The quantitative estimate of drug-likeness (QED) is 0.236. The summed E-state index contributed by atoms with van der Waals surface area (Å²) < 4.78 is 21.4. The van der Waals surface area contributed by atoms with Crippen LogP contribution < -0.4 is 18.9 Å². The lowest BCUT2D eigenvalue weighted by Gasteiger charge is -2.06. The van der Waals surface area contributed by atoms with E-state index in [9.17, 15) is 0 Å². The topological polar surface area (TPSA) is 62.7 Å². The molecule has 186 valence electrons. The molecule has 0 aliphatic rings. The second kappa shape index (κ2) is 10.8. The second-order valence-electron chi connectivity index (χ2n) is 8.27. The van der Waals surface area contributed by atoms with Gasteiger partial charge < -0.3 is 18.9 Å². The van der Waals surface area contributed by atoms with E-state index in [1.165, 1.54) is 0 Å². The summed E-state index contributed by atoms with van der Waals surface area (Å²) in [4.78, 5) is 9.65. The Kier molecular flexibility index (Phi) is 6.97. The van der Waals surface area contributed by atoms with Crippen molar-refractivity contribution in [1.82, 2.24) is 9.97 Å². The maximum Gasteiger partial charge on any atom is 0.161 e. The number of hydrogen-bond acceptors (Lipinski definition) is 6. The molecule has 6 nitrogen and oxygen atoms in total. The van der Waals surface area contributed by atoms with E-state index < -0.39 is 0 Å². The fraction of sp³-hybridized carbons (Fsp3) is 0.125. The van der Waals surface area contributed by atoms with Crippen LogP contribution in [0, 0.1) is 23.7 Å². The van der Waals surface area contributed by atoms with E-state index in [4.69, 9.17) is 28.9 Å². The van der Waals surface area contributed by atoms with E-state index in [1.807, 2.05) is 72.8 Å². The number of nitrogens with zero attached hydrogens (tertiary/aromatic N) is 2. The van der Waals surface area contributed by atoms with Crippen molar-refractivity contribution >= 4 is 21.8 Å². The Morgan fingerprint density at radius 2 is 1.00 bits per heavy atom. The van der Waals surface area contributed by atoms with E-state index in [1.54, 1.807) is 28.4 Å². The number of hydrogen-bond donors (Lipinski definition) is 0. The van der Waals surface area contributed by atoms with E-state index in [2.05, 4.69) is 23.7 Å². The Morgan fingerprint density at radius 3 is 1.53 bits per heavy atom. The molecule has 0 atom stereocenters. The minimum atomic E-state index is 0.627. The monoisotopic (exact) mass is 500 g/mol. The van der Waals surface area contributed by atoms with Crippen LogP contribution in [-0.4, -0.2) is 38.4 Å². The van der Waals surface area contributed by atoms with Gasteiger partial charge in [0.25, 0.3) is 0 Å². The van der Waals surface area contributed by atoms with Gasteiger partial charge in [-0.25, -0.2) is 9.97 Å². The predicted molar refractivity (Wildman–Crippen MR) is 148 cm³/mol. The molecule has 0 radical (unpaired) electrons. The number of aromatic nitrogens is 2. The van der Waals surface area contributed by atoms with Gasteiger partial charge in [0.15, 0.2) is 11.5 Å². The van der Waals surface area contributed by atoms with Gasteiger partial charge in [0.2, 0.25) is 0 Å². The Bertz CT molecular complexity index is 1770. The summed E-state index contributed by atoms with van der Waals surface area (Å²) in [5.41, 5.74) is 4.39. The van der Waals surface area contributed by atoms with Gasteiger partial charge >= 0.3 is 0 Å². The van der Waals surface area contributed by atoms with E-state index >= 15 is 0 Å². The zero-order chi connectivity index (χ0) is 26.5. The summed E-state index contributed by atoms with van der Waals surface area (Å²) in [6.45, 7) is 0. The molecule has 5 aromatic rings. The Labute approximate surface area is 221 Å². The minimum absolute atomic E-state index is 0.627. The van der Waals surface area contributed by atoms with Crippen LogP contribution in [0.2, 0.25) is 0 Å². The van der Waals surface area contributed by atoms with E-state index in [0.717, 1.165) is 32.9 Å². The molecule has 0 spiro atoms. The first-order chi connectivity index (χ1) is 18.6. The largest absolute Gasteiger partial charge is 0.497 e. The summed E-state index contributed by atoms with van der Waals surface area (Å²) in [5, 5.41) is 1.95. The minimum Gasteiger partial charge on any atom is -0.497 e. The first-order valence-electron chi connectivity index (χ1n) is 11.8. The normalized spacial score (nSPS) is 10.2. The molecule has 0 bridgehead atoms. The van der Waals surface area contributed by atoms with Gasteiger partial charge in [0, 0.05) is 28.0 Å². The SMILES string of the molecule is COc1cc(C#Cc2ccc3ccc4ccc(C#Cc5ccc(OC)c(OC)c5)nc4c3n2)cc(OC)c1. The lowest BCUT2D eigenvalue weighted by atomic mass is 10.1. The summed E-state index contributed by atoms with van der Waals surface area (Å²) in [6, 6.07) is 23.0.